The van der Waals surface area contributed by atoms with Crippen LogP contribution in [0.25, 0.3) is 0 Å². The first-order chi connectivity index (χ1) is 19.5. The summed E-state index contributed by atoms with van der Waals surface area (Å²) in [5, 5.41) is 3.42. The quantitative estimate of drug-likeness (QED) is 0.439. The average Bonchev–Trinajstić information content (AvgIpc) is 3.48. The Morgan fingerprint density at radius 1 is 1.10 bits per heavy atom. The molecule has 214 valence electrons. The number of amides is 2. The van der Waals surface area contributed by atoms with Crippen molar-refractivity contribution < 1.29 is 14.3 Å². The first-order valence-electron chi connectivity index (χ1n) is 14.8. The molecule has 1 saturated heterocycles. The third-order valence-electron chi connectivity index (χ3n) is 8.58. The van der Waals surface area contributed by atoms with E-state index in [1.807, 2.05) is 11.8 Å². The Morgan fingerprint density at radius 2 is 1.77 bits per heavy atom. The maximum absolute atomic E-state index is 12.1. The molecule has 2 fully saturated rings. The minimum absolute atomic E-state index is 0.00210. The van der Waals surface area contributed by atoms with E-state index >= 15 is 0 Å². The number of anilines is 2. The van der Waals surface area contributed by atoms with Gasteiger partial charge in [0.2, 0.25) is 11.9 Å². The maximum atomic E-state index is 12.1. The van der Waals surface area contributed by atoms with Crippen molar-refractivity contribution >= 4 is 23.8 Å². The van der Waals surface area contributed by atoms with Crippen LogP contribution in [0, 0.1) is 5.92 Å². The monoisotopic (exact) mass is 546 g/mol. The van der Waals surface area contributed by atoms with Crippen molar-refractivity contribution in [1.82, 2.24) is 19.8 Å². The molecule has 0 bridgehead atoms. The molecule has 5 rings (SSSR count). The minimum atomic E-state index is -0.372. The zero-order valence-corrected chi connectivity index (χ0v) is 23.8. The SMILES string of the molecule is C=CC(=O)N1CCCN(C(c2ccc([C@H](C)Nc3ncc4c(n3)N(CC)C(=O)OC4)cc2)C2CCCC2)CCC1. The topological polar surface area (TPSA) is 90.9 Å². The molecule has 9 heteroatoms. The number of carbonyl (C=O) groups is 2. The number of fused-ring (bicyclic) bond motifs is 1. The fraction of sp³-hybridized carbons (Fsp3) is 0.548. The van der Waals surface area contributed by atoms with Crippen molar-refractivity contribution in [1.29, 1.82) is 0 Å². The molecule has 1 aromatic carbocycles. The summed E-state index contributed by atoms with van der Waals surface area (Å²) in [7, 11) is 0. The maximum Gasteiger partial charge on any atom is 0.415 e. The summed E-state index contributed by atoms with van der Waals surface area (Å²) in [6.45, 7) is 11.9. The Bertz CT molecular complexity index is 1190. The van der Waals surface area contributed by atoms with Gasteiger partial charge in [-0.3, -0.25) is 14.6 Å². The average molecular weight is 547 g/mol. The summed E-state index contributed by atoms with van der Waals surface area (Å²) in [4.78, 5) is 39.5. The van der Waals surface area contributed by atoms with Crippen molar-refractivity contribution in [3.63, 3.8) is 0 Å². The Labute approximate surface area is 237 Å². The van der Waals surface area contributed by atoms with Gasteiger partial charge in [-0.15, -0.1) is 0 Å². The standard InChI is InChI=1S/C31H42N6O3/c1-4-27(38)35-16-8-18-36(19-9-17-35)28(24-10-6-7-11-24)25-14-12-23(13-15-25)22(3)33-30-32-20-26-21-40-31(39)37(5-2)29(26)34-30/h4,12-15,20,22,24,28H,1,5-11,16-19,21H2,2-3H3,(H,32,33,34)/t22-,28?/m0/s1. The van der Waals surface area contributed by atoms with Crippen molar-refractivity contribution in [2.75, 3.05) is 42.9 Å². The second-order valence-corrected chi connectivity index (χ2v) is 11.1. The molecule has 2 aliphatic heterocycles. The molecular formula is C31H42N6O3. The van der Waals surface area contributed by atoms with Crippen molar-refractivity contribution in [3.8, 4) is 0 Å². The Hall–Kier alpha value is -3.46. The number of ether oxygens (including phenoxy) is 1. The highest BCUT2D eigenvalue weighted by Crippen LogP contribution is 2.40. The van der Waals surface area contributed by atoms with Crippen molar-refractivity contribution in [3.05, 3.63) is 59.8 Å². The van der Waals surface area contributed by atoms with Crippen LogP contribution in [0.5, 0.6) is 0 Å². The predicted molar refractivity (Wildman–Crippen MR) is 156 cm³/mol. The van der Waals surface area contributed by atoms with E-state index in [0.29, 0.717) is 30.3 Å². The highest BCUT2D eigenvalue weighted by Gasteiger charge is 2.32. The Kier molecular flexibility index (Phi) is 8.99. The van der Waals surface area contributed by atoms with Crippen LogP contribution in [0.1, 0.15) is 81.1 Å². The van der Waals surface area contributed by atoms with Gasteiger partial charge in [0.25, 0.3) is 0 Å². The van der Waals surface area contributed by atoms with Crippen LogP contribution in [-0.4, -0.2) is 64.5 Å². The lowest BCUT2D eigenvalue weighted by molar-refractivity contribution is -0.126. The van der Waals surface area contributed by atoms with E-state index in [1.54, 1.807) is 6.20 Å². The molecule has 40 heavy (non-hydrogen) atoms. The molecule has 2 amide bonds. The number of aromatic nitrogens is 2. The molecule has 3 heterocycles. The molecule has 3 aliphatic rings. The van der Waals surface area contributed by atoms with Gasteiger partial charge in [-0.1, -0.05) is 43.7 Å². The van der Waals surface area contributed by atoms with E-state index < -0.39 is 0 Å². The lowest BCUT2D eigenvalue weighted by Crippen LogP contribution is -2.41. The van der Waals surface area contributed by atoms with E-state index in [9.17, 15) is 9.59 Å². The second-order valence-electron chi connectivity index (χ2n) is 11.1. The van der Waals surface area contributed by atoms with E-state index in [1.165, 1.54) is 42.2 Å². The zero-order chi connectivity index (χ0) is 28.1. The van der Waals surface area contributed by atoms with Gasteiger partial charge in [-0.25, -0.2) is 9.78 Å². The number of hydrogen-bond donors (Lipinski definition) is 1. The van der Waals surface area contributed by atoms with Gasteiger partial charge in [0, 0.05) is 45.0 Å². The smallest absolute Gasteiger partial charge is 0.415 e. The fourth-order valence-electron chi connectivity index (χ4n) is 6.48. The highest BCUT2D eigenvalue weighted by atomic mass is 16.6. The van der Waals surface area contributed by atoms with Gasteiger partial charge in [0.05, 0.1) is 11.6 Å². The number of rotatable bonds is 8. The molecule has 2 atom stereocenters. The molecule has 9 nitrogen and oxygen atoms in total. The van der Waals surface area contributed by atoms with E-state index in [4.69, 9.17) is 4.74 Å². The number of hydrogen-bond acceptors (Lipinski definition) is 7. The molecule has 1 aromatic heterocycles. The number of nitrogens with one attached hydrogen (secondary N) is 1. The second kappa shape index (κ2) is 12.8. The molecule has 1 aliphatic carbocycles. The summed E-state index contributed by atoms with van der Waals surface area (Å²) >= 11 is 0. The van der Waals surface area contributed by atoms with Gasteiger partial charge in [-0.2, -0.15) is 4.98 Å². The van der Waals surface area contributed by atoms with Gasteiger partial charge < -0.3 is 15.0 Å². The van der Waals surface area contributed by atoms with Crippen LogP contribution in [0.15, 0.2) is 43.1 Å². The van der Waals surface area contributed by atoms with Gasteiger partial charge in [-0.05, 0) is 62.7 Å². The van der Waals surface area contributed by atoms with Crippen LogP contribution >= 0.6 is 0 Å². The summed E-state index contributed by atoms with van der Waals surface area (Å²) in [5.74, 6) is 1.83. The molecule has 0 spiro atoms. The van der Waals surface area contributed by atoms with E-state index in [-0.39, 0.29) is 24.6 Å². The molecular weight excluding hydrogens is 504 g/mol. The highest BCUT2D eigenvalue weighted by molar-refractivity contribution is 5.89. The largest absolute Gasteiger partial charge is 0.444 e. The van der Waals surface area contributed by atoms with Crippen LogP contribution in [0.4, 0.5) is 16.6 Å². The first kappa shape index (κ1) is 28.1. The third kappa shape index (κ3) is 6.14. The van der Waals surface area contributed by atoms with Gasteiger partial charge >= 0.3 is 6.09 Å². The Morgan fingerprint density at radius 3 is 2.42 bits per heavy atom. The third-order valence-corrected chi connectivity index (χ3v) is 8.58. The Balaban J connectivity index is 1.29. The molecule has 1 N–H and O–H groups in total. The lowest BCUT2D eigenvalue weighted by atomic mass is 9.88. The summed E-state index contributed by atoms with van der Waals surface area (Å²) < 4.78 is 5.21. The molecule has 1 saturated carbocycles. The number of cyclic esters (lactones) is 1. The number of nitrogens with zero attached hydrogens (tertiary/aromatic N) is 5. The number of benzene rings is 1. The summed E-state index contributed by atoms with van der Waals surface area (Å²) in [5.41, 5.74) is 3.35. The van der Waals surface area contributed by atoms with E-state index in [0.717, 1.165) is 50.1 Å². The molecule has 2 aromatic rings. The van der Waals surface area contributed by atoms with E-state index in [2.05, 4.69) is 58.0 Å². The first-order valence-corrected chi connectivity index (χ1v) is 14.8. The molecule has 1 unspecified atom stereocenters. The fourth-order valence-corrected chi connectivity index (χ4v) is 6.48. The van der Waals surface area contributed by atoms with Gasteiger partial charge in [0.15, 0.2) is 0 Å². The van der Waals surface area contributed by atoms with Crippen molar-refractivity contribution in [2.45, 2.75) is 71.1 Å². The minimum Gasteiger partial charge on any atom is -0.444 e. The summed E-state index contributed by atoms with van der Waals surface area (Å²) in [6.07, 6.45) is 9.94. The van der Waals surface area contributed by atoms with Gasteiger partial charge in [0.1, 0.15) is 12.4 Å². The summed E-state index contributed by atoms with van der Waals surface area (Å²) in [6, 6.07) is 9.44. The van der Waals surface area contributed by atoms with Crippen molar-refractivity contribution in [2.24, 2.45) is 5.92 Å². The zero-order valence-electron chi connectivity index (χ0n) is 23.8. The number of carbonyl (C=O) groups excluding carboxylic acids is 2. The van der Waals surface area contributed by atoms with Crippen LogP contribution < -0.4 is 10.2 Å². The van der Waals surface area contributed by atoms with Crippen LogP contribution in [-0.2, 0) is 16.1 Å². The molecule has 0 radical (unpaired) electrons. The predicted octanol–water partition coefficient (Wildman–Crippen LogP) is 5.47. The van der Waals surface area contributed by atoms with Crippen LogP contribution in [0.2, 0.25) is 0 Å². The normalized spacial score (nSPS) is 20.2. The lowest BCUT2D eigenvalue weighted by Gasteiger charge is -2.38. The van der Waals surface area contributed by atoms with Crippen LogP contribution in [0.3, 0.4) is 0 Å².